The molecule has 11 heteroatoms. The van der Waals surface area contributed by atoms with E-state index in [1.54, 1.807) is 18.2 Å². The average Bonchev–Trinajstić information content (AvgIpc) is 2.72. The second kappa shape index (κ2) is 8.08. The van der Waals surface area contributed by atoms with Crippen molar-refractivity contribution in [1.82, 2.24) is 14.9 Å². The van der Waals surface area contributed by atoms with E-state index in [9.17, 15) is 24.8 Å². The highest BCUT2D eigenvalue weighted by atomic mass is 16.6. The summed E-state index contributed by atoms with van der Waals surface area (Å²) in [5, 5.41) is 26.3. The number of benzene rings is 2. The first-order valence-electron chi connectivity index (χ1n) is 8.17. The number of rotatable bonds is 6. The van der Waals surface area contributed by atoms with Gasteiger partial charge in [-0.1, -0.05) is 12.1 Å². The minimum atomic E-state index is -0.809. The maximum atomic E-state index is 12.6. The lowest BCUT2D eigenvalue weighted by molar-refractivity contribution is -0.384. The number of hydrogen-bond acceptors (Lipinski definition) is 8. The first-order valence-corrected chi connectivity index (χ1v) is 8.17. The minimum absolute atomic E-state index is 0.0264. The topological polar surface area (TPSA) is 152 Å². The lowest BCUT2D eigenvalue weighted by atomic mass is 10.2. The number of phenols is 1. The second-order valence-corrected chi connectivity index (χ2v) is 5.73. The van der Waals surface area contributed by atoms with E-state index in [1.807, 2.05) is 0 Å². The zero-order valence-corrected chi connectivity index (χ0v) is 15.0. The monoisotopic (exact) mass is 397 g/mol. The SMILES string of the molecule is COc1cc(/C=C/c2n[nH]c(=O)n(Nc3ccc([N+](=O)[O-])cc3)c2=O)ccc1O. The lowest BCUT2D eigenvalue weighted by Crippen LogP contribution is -2.41. The van der Waals surface area contributed by atoms with Crippen molar-refractivity contribution in [3.05, 3.63) is 84.7 Å². The first-order chi connectivity index (χ1) is 13.9. The van der Waals surface area contributed by atoms with Crippen LogP contribution < -0.4 is 21.4 Å². The van der Waals surface area contributed by atoms with Crippen molar-refractivity contribution in [2.45, 2.75) is 0 Å². The number of aromatic nitrogens is 3. The Bertz CT molecular complexity index is 1200. The molecule has 0 atom stereocenters. The molecule has 3 aromatic rings. The van der Waals surface area contributed by atoms with Crippen LogP contribution in [0.3, 0.4) is 0 Å². The molecule has 0 amide bonds. The van der Waals surface area contributed by atoms with E-state index in [4.69, 9.17) is 4.74 Å². The van der Waals surface area contributed by atoms with Gasteiger partial charge in [-0.2, -0.15) is 9.77 Å². The fourth-order valence-corrected chi connectivity index (χ4v) is 2.38. The number of hydrogen-bond donors (Lipinski definition) is 3. The Morgan fingerprint density at radius 1 is 1.21 bits per heavy atom. The Morgan fingerprint density at radius 2 is 1.93 bits per heavy atom. The van der Waals surface area contributed by atoms with E-state index in [2.05, 4.69) is 15.6 Å². The van der Waals surface area contributed by atoms with Crippen LogP contribution in [0, 0.1) is 10.1 Å². The summed E-state index contributed by atoms with van der Waals surface area (Å²) in [5.41, 5.74) is 1.78. The Kier molecular flexibility index (Phi) is 5.39. The van der Waals surface area contributed by atoms with Crippen LogP contribution in [0.15, 0.2) is 52.1 Å². The lowest BCUT2D eigenvalue weighted by Gasteiger charge is -2.08. The summed E-state index contributed by atoms with van der Waals surface area (Å²) < 4.78 is 5.72. The van der Waals surface area contributed by atoms with Crippen LogP contribution in [0.2, 0.25) is 0 Å². The zero-order chi connectivity index (χ0) is 21.0. The van der Waals surface area contributed by atoms with Crippen molar-refractivity contribution in [3.63, 3.8) is 0 Å². The third-order valence-electron chi connectivity index (χ3n) is 3.85. The van der Waals surface area contributed by atoms with E-state index in [0.717, 1.165) is 0 Å². The fourth-order valence-electron chi connectivity index (χ4n) is 2.38. The standard InChI is InChI=1S/C18H15N5O6/c1-29-16-10-11(3-9-15(16)24)2-8-14-17(25)22(18(26)20-19-14)21-12-4-6-13(7-5-12)23(27)28/h2-10,21,24H,1H3,(H,20,26)/b8-2+. The normalized spacial score (nSPS) is 10.8. The molecular weight excluding hydrogens is 382 g/mol. The summed E-state index contributed by atoms with van der Waals surface area (Å²) in [5.74, 6) is 0.236. The van der Waals surface area contributed by atoms with Crippen LogP contribution >= 0.6 is 0 Å². The highest BCUT2D eigenvalue weighted by Crippen LogP contribution is 2.26. The molecule has 148 valence electrons. The number of phenolic OH excluding ortho intramolecular Hbond substituents is 1. The van der Waals surface area contributed by atoms with Gasteiger partial charge in [0.1, 0.15) is 0 Å². The Labute approximate surface area is 162 Å². The summed E-state index contributed by atoms with van der Waals surface area (Å²) in [6.45, 7) is 0. The number of anilines is 1. The number of methoxy groups -OCH3 is 1. The largest absolute Gasteiger partial charge is 0.504 e. The molecule has 0 unspecified atom stereocenters. The van der Waals surface area contributed by atoms with Gasteiger partial charge in [-0.05, 0) is 35.9 Å². The quantitative estimate of drug-likeness (QED) is 0.419. The Morgan fingerprint density at radius 3 is 2.59 bits per heavy atom. The van der Waals surface area contributed by atoms with Crippen molar-refractivity contribution in [1.29, 1.82) is 0 Å². The number of aromatic hydroxyl groups is 1. The van der Waals surface area contributed by atoms with Gasteiger partial charge in [-0.15, -0.1) is 0 Å². The molecule has 0 bridgehead atoms. The molecule has 3 rings (SSSR count). The predicted octanol–water partition coefficient (Wildman–Crippen LogP) is 1.60. The van der Waals surface area contributed by atoms with Crippen LogP contribution in [-0.2, 0) is 0 Å². The number of nitrogens with one attached hydrogen (secondary N) is 2. The molecule has 0 radical (unpaired) electrons. The summed E-state index contributed by atoms with van der Waals surface area (Å²) in [7, 11) is 1.41. The molecule has 0 aliphatic carbocycles. The second-order valence-electron chi connectivity index (χ2n) is 5.73. The van der Waals surface area contributed by atoms with E-state index in [-0.39, 0.29) is 22.9 Å². The summed E-state index contributed by atoms with van der Waals surface area (Å²) >= 11 is 0. The molecular formula is C18H15N5O6. The van der Waals surface area contributed by atoms with Crippen molar-refractivity contribution < 1.29 is 14.8 Å². The number of nitrogens with zero attached hydrogens (tertiary/aromatic N) is 3. The maximum Gasteiger partial charge on any atom is 0.364 e. The van der Waals surface area contributed by atoms with Gasteiger partial charge in [0.2, 0.25) is 0 Å². The Balaban J connectivity index is 1.90. The maximum absolute atomic E-state index is 12.6. The number of ether oxygens (including phenoxy) is 1. The fraction of sp³-hybridized carbons (Fsp3) is 0.0556. The molecule has 1 aromatic heterocycles. The van der Waals surface area contributed by atoms with E-state index >= 15 is 0 Å². The zero-order valence-electron chi connectivity index (χ0n) is 15.0. The third-order valence-corrected chi connectivity index (χ3v) is 3.85. The molecule has 3 N–H and O–H groups in total. The van der Waals surface area contributed by atoms with E-state index < -0.39 is 16.2 Å². The molecule has 0 saturated heterocycles. The molecule has 0 aliphatic heterocycles. The summed E-state index contributed by atoms with van der Waals surface area (Å²) in [4.78, 5) is 34.7. The van der Waals surface area contributed by atoms with E-state index in [0.29, 0.717) is 15.9 Å². The molecule has 2 aromatic carbocycles. The van der Waals surface area contributed by atoms with Crippen molar-refractivity contribution in [2.75, 3.05) is 12.5 Å². The molecule has 0 spiro atoms. The van der Waals surface area contributed by atoms with Gasteiger partial charge in [0.15, 0.2) is 17.2 Å². The van der Waals surface area contributed by atoms with Gasteiger partial charge in [-0.25, -0.2) is 9.89 Å². The molecule has 0 fully saturated rings. The van der Waals surface area contributed by atoms with Crippen LogP contribution in [0.1, 0.15) is 11.3 Å². The van der Waals surface area contributed by atoms with Crippen molar-refractivity contribution in [3.8, 4) is 11.5 Å². The molecule has 29 heavy (non-hydrogen) atoms. The third kappa shape index (κ3) is 4.30. The summed E-state index contributed by atoms with van der Waals surface area (Å²) in [6.07, 6.45) is 2.94. The number of nitro benzene ring substituents is 1. The van der Waals surface area contributed by atoms with E-state index in [1.165, 1.54) is 43.5 Å². The smallest absolute Gasteiger partial charge is 0.364 e. The minimum Gasteiger partial charge on any atom is -0.504 e. The number of H-pyrrole nitrogens is 1. The summed E-state index contributed by atoms with van der Waals surface area (Å²) in [6, 6.07) is 9.81. The molecule has 0 saturated carbocycles. The van der Waals surface area contributed by atoms with Crippen LogP contribution in [-0.4, -0.2) is 32.0 Å². The first kappa shape index (κ1) is 19.4. The highest BCUT2D eigenvalue weighted by Gasteiger charge is 2.09. The predicted molar refractivity (Wildman–Crippen MR) is 105 cm³/mol. The molecule has 11 nitrogen and oxygen atoms in total. The van der Waals surface area contributed by atoms with Crippen molar-refractivity contribution in [2.24, 2.45) is 0 Å². The van der Waals surface area contributed by atoms with Crippen LogP contribution in [0.25, 0.3) is 12.2 Å². The molecule has 0 aliphatic rings. The Hall–Kier alpha value is -4.41. The van der Waals surface area contributed by atoms with Crippen LogP contribution in [0.4, 0.5) is 11.4 Å². The van der Waals surface area contributed by atoms with Crippen LogP contribution in [0.5, 0.6) is 11.5 Å². The van der Waals surface area contributed by atoms with Gasteiger partial charge in [0, 0.05) is 12.1 Å². The van der Waals surface area contributed by atoms with Gasteiger partial charge >= 0.3 is 11.2 Å². The average molecular weight is 397 g/mol. The van der Waals surface area contributed by atoms with Gasteiger partial charge in [0.05, 0.1) is 17.7 Å². The number of non-ortho nitro benzene ring substituents is 1. The van der Waals surface area contributed by atoms with Gasteiger partial charge in [-0.3, -0.25) is 20.3 Å². The van der Waals surface area contributed by atoms with Gasteiger partial charge < -0.3 is 9.84 Å². The van der Waals surface area contributed by atoms with Crippen molar-refractivity contribution >= 4 is 23.5 Å². The number of nitro groups is 1. The highest BCUT2D eigenvalue weighted by molar-refractivity contribution is 5.69. The van der Waals surface area contributed by atoms with Gasteiger partial charge in [0.25, 0.3) is 5.69 Å². The molecule has 1 heterocycles. The number of aromatic amines is 1.